The lowest BCUT2D eigenvalue weighted by atomic mass is 10.3. The molecule has 0 radical (unpaired) electrons. The van der Waals surface area contributed by atoms with Gasteiger partial charge in [-0.25, -0.2) is 4.98 Å². The maximum absolute atomic E-state index is 11.7. The Morgan fingerprint density at radius 2 is 2.38 bits per heavy atom. The fraction of sp³-hybridized carbons (Fsp3) is 0.111. The second-order valence-corrected chi connectivity index (χ2v) is 4.12. The van der Waals surface area contributed by atoms with Gasteiger partial charge in [-0.1, -0.05) is 11.6 Å². The van der Waals surface area contributed by atoms with Crippen molar-refractivity contribution in [3.8, 4) is 0 Å². The minimum Gasteiger partial charge on any atom is -0.296 e. The van der Waals surface area contributed by atoms with Gasteiger partial charge in [-0.2, -0.15) is 4.37 Å². The van der Waals surface area contributed by atoms with E-state index < -0.39 is 0 Å². The highest BCUT2D eigenvalue weighted by Gasteiger charge is 2.12. The number of aromatic nitrogens is 3. The normalized spacial score (nSPS) is 10.1. The van der Waals surface area contributed by atoms with Gasteiger partial charge in [-0.15, -0.1) is 0 Å². The van der Waals surface area contributed by atoms with Gasteiger partial charge in [0.15, 0.2) is 0 Å². The number of halogens is 1. The van der Waals surface area contributed by atoms with Gasteiger partial charge >= 0.3 is 0 Å². The van der Waals surface area contributed by atoms with Crippen LogP contribution in [0.3, 0.4) is 0 Å². The first-order valence-electron chi connectivity index (χ1n) is 4.38. The molecule has 0 saturated carbocycles. The van der Waals surface area contributed by atoms with E-state index in [1.807, 2.05) is 0 Å². The van der Waals surface area contributed by atoms with Gasteiger partial charge in [-0.3, -0.25) is 15.1 Å². The molecule has 7 heteroatoms. The summed E-state index contributed by atoms with van der Waals surface area (Å²) in [5, 5.41) is 3.40. The molecule has 0 spiro atoms. The molecule has 82 valence electrons. The summed E-state index contributed by atoms with van der Waals surface area (Å²) in [5.41, 5.74) is 0.317. The first kappa shape index (κ1) is 11.0. The molecule has 5 nitrogen and oxygen atoms in total. The Balaban J connectivity index is 2.18. The Morgan fingerprint density at radius 3 is 3.00 bits per heavy atom. The van der Waals surface area contributed by atoms with E-state index in [1.165, 1.54) is 12.4 Å². The van der Waals surface area contributed by atoms with E-state index in [4.69, 9.17) is 11.6 Å². The zero-order valence-electron chi connectivity index (χ0n) is 8.27. The van der Waals surface area contributed by atoms with Crippen molar-refractivity contribution in [3.05, 3.63) is 34.9 Å². The number of amides is 1. The van der Waals surface area contributed by atoms with Crippen LogP contribution in [0, 0.1) is 6.92 Å². The van der Waals surface area contributed by atoms with Gasteiger partial charge in [0, 0.05) is 23.9 Å². The van der Waals surface area contributed by atoms with Crippen molar-refractivity contribution in [3.63, 3.8) is 0 Å². The number of pyridine rings is 1. The second-order valence-electron chi connectivity index (χ2n) is 2.96. The number of nitrogens with one attached hydrogen (secondary N) is 1. The van der Waals surface area contributed by atoms with Crippen LogP contribution in [-0.4, -0.2) is 20.2 Å². The van der Waals surface area contributed by atoms with Crippen molar-refractivity contribution in [2.75, 3.05) is 5.32 Å². The van der Waals surface area contributed by atoms with E-state index in [-0.39, 0.29) is 5.91 Å². The molecule has 0 bridgehead atoms. The van der Waals surface area contributed by atoms with Crippen LogP contribution in [-0.2, 0) is 0 Å². The molecule has 2 heterocycles. The summed E-state index contributed by atoms with van der Waals surface area (Å²) < 4.78 is 3.95. The molecule has 0 saturated heterocycles. The predicted molar refractivity (Wildman–Crippen MR) is 61.8 cm³/mol. The summed E-state index contributed by atoms with van der Waals surface area (Å²) in [4.78, 5) is 19.6. The minimum absolute atomic E-state index is 0.317. The van der Waals surface area contributed by atoms with Gasteiger partial charge in [0.2, 0.25) is 5.13 Å². The first-order valence-corrected chi connectivity index (χ1v) is 5.53. The summed E-state index contributed by atoms with van der Waals surface area (Å²) in [6.07, 6.45) is 2.93. The lowest BCUT2D eigenvalue weighted by Crippen LogP contribution is -2.12. The third kappa shape index (κ3) is 2.34. The molecule has 0 fully saturated rings. The molecule has 0 aliphatic heterocycles. The van der Waals surface area contributed by atoms with Crippen LogP contribution in [0.25, 0.3) is 0 Å². The van der Waals surface area contributed by atoms with Crippen molar-refractivity contribution in [2.45, 2.75) is 6.92 Å². The van der Waals surface area contributed by atoms with Crippen molar-refractivity contribution in [1.82, 2.24) is 14.3 Å². The highest BCUT2D eigenvalue weighted by molar-refractivity contribution is 7.09. The topological polar surface area (TPSA) is 67.8 Å². The minimum atomic E-state index is -0.339. The van der Waals surface area contributed by atoms with Gasteiger partial charge < -0.3 is 0 Å². The number of anilines is 1. The number of nitrogens with zero attached hydrogens (tertiary/aromatic N) is 3. The fourth-order valence-electron chi connectivity index (χ4n) is 1.06. The Morgan fingerprint density at radius 1 is 1.56 bits per heavy atom. The number of carbonyl (C=O) groups excluding carboxylic acids is 1. The number of hydrogen-bond donors (Lipinski definition) is 1. The third-order valence-corrected chi connectivity index (χ3v) is 2.81. The van der Waals surface area contributed by atoms with E-state index in [0.717, 1.165) is 11.5 Å². The molecule has 0 unspecified atom stereocenters. The summed E-state index contributed by atoms with van der Waals surface area (Å²) in [5.74, 6) is 0.284. The molecular formula is C9H7ClN4OS. The zero-order chi connectivity index (χ0) is 11.5. The number of hydrogen-bond acceptors (Lipinski definition) is 5. The van der Waals surface area contributed by atoms with E-state index in [2.05, 4.69) is 19.7 Å². The molecule has 1 N–H and O–H groups in total. The second kappa shape index (κ2) is 4.54. The van der Waals surface area contributed by atoms with Crippen LogP contribution >= 0.6 is 23.1 Å². The van der Waals surface area contributed by atoms with E-state index in [9.17, 15) is 4.79 Å². The summed E-state index contributed by atoms with van der Waals surface area (Å²) in [7, 11) is 0. The molecular weight excluding hydrogens is 248 g/mol. The van der Waals surface area contributed by atoms with E-state index >= 15 is 0 Å². The molecule has 2 rings (SSSR count). The van der Waals surface area contributed by atoms with Crippen LogP contribution in [0.5, 0.6) is 0 Å². The molecule has 2 aromatic rings. The van der Waals surface area contributed by atoms with Crippen LogP contribution in [0.1, 0.15) is 16.2 Å². The van der Waals surface area contributed by atoms with Crippen LogP contribution in [0.15, 0.2) is 18.5 Å². The highest BCUT2D eigenvalue weighted by atomic mass is 35.5. The predicted octanol–water partition coefficient (Wildman–Crippen LogP) is 2.15. The van der Waals surface area contributed by atoms with Gasteiger partial charge in [0.25, 0.3) is 5.91 Å². The average molecular weight is 255 g/mol. The SMILES string of the molecule is Cc1nsc(NC(=O)c2cnccc2Cl)n1. The molecule has 16 heavy (non-hydrogen) atoms. The lowest BCUT2D eigenvalue weighted by Gasteiger charge is -2.01. The molecule has 1 amide bonds. The molecule has 0 aromatic carbocycles. The Kier molecular flexibility index (Phi) is 3.12. The number of carbonyl (C=O) groups is 1. The Hall–Kier alpha value is -1.53. The van der Waals surface area contributed by atoms with Crippen molar-refractivity contribution < 1.29 is 4.79 Å². The van der Waals surface area contributed by atoms with Crippen molar-refractivity contribution in [1.29, 1.82) is 0 Å². The van der Waals surface area contributed by atoms with Gasteiger partial charge in [0.05, 0.1) is 10.6 Å². The van der Waals surface area contributed by atoms with Crippen LogP contribution < -0.4 is 5.32 Å². The largest absolute Gasteiger partial charge is 0.296 e. The number of aryl methyl sites for hydroxylation is 1. The van der Waals surface area contributed by atoms with Crippen molar-refractivity contribution in [2.24, 2.45) is 0 Å². The van der Waals surface area contributed by atoms with Crippen LogP contribution in [0.4, 0.5) is 5.13 Å². The number of rotatable bonds is 2. The molecule has 0 aliphatic rings. The summed E-state index contributed by atoms with van der Waals surface area (Å²) in [6.45, 7) is 1.75. The summed E-state index contributed by atoms with van der Waals surface area (Å²) >= 11 is 6.98. The zero-order valence-corrected chi connectivity index (χ0v) is 9.84. The third-order valence-electron chi connectivity index (χ3n) is 1.76. The highest BCUT2D eigenvalue weighted by Crippen LogP contribution is 2.16. The quantitative estimate of drug-likeness (QED) is 0.892. The molecule has 0 aliphatic carbocycles. The average Bonchev–Trinajstić information content (AvgIpc) is 2.64. The smallest absolute Gasteiger partial charge is 0.260 e. The monoisotopic (exact) mass is 254 g/mol. The fourth-order valence-corrected chi connectivity index (χ4v) is 1.82. The first-order chi connectivity index (χ1) is 7.66. The van der Waals surface area contributed by atoms with E-state index in [0.29, 0.717) is 21.5 Å². The molecule has 0 atom stereocenters. The molecule has 2 aromatic heterocycles. The summed E-state index contributed by atoms with van der Waals surface area (Å²) in [6, 6.07) is 1.56. The lowest BCUT2D eigenvalue weighted by molar-refractivity contribution is 0.102. The van der Waals surface area contributed by atoms with Crippen molar-refractivity contribution >= 4 is 34.2 Å². The Bertz CT molecular complexity index is 528. The maximum atomic E-state index is 11.7. The van der Waals surface area contributed by atoms with E-state index in [1.54, 1.807) is 13.0 Å². The van der Waals surface area contributed by atoms with Crippen LogP contribution in [0.2, 0.25) is 5.02 Å². The van der Waals surface area contributed by atoms with Gasteiger partial charge in [-0.05, 0) is 13.0 Å². The van der Waals surface area contributed by atoms with Gasteiger partial charge in [0.1, 0.15) is 5.82 Å². The Labute approximate surface area is 101 Å². The maximum Gasteiger partial charge on any atom is 0.260 e. The standard InChI is InChI=1S/C9H7ClN4OS/c1-5-12-9(16-14-5)13-8(15)6-4-11-3-2-7(6)10/h2-4H,1H3,(H,12,13,14,15).